The van der Waals surface area contributed by atoms with E-state index in [9.17, 15) is 18.0 Å². The van der Waals surface area contributed by atoms with E-state index >= 15 is 0 Å². The third kappa shape index (κ3) is 3.47. The summed E-state index contributed by atoms with van der Waals surface area (Å²) in [5, 5.41) is 8.79. The molecule has 0 saturated carbocycles. The molecule has 0 radical (unpaired) electrons. The van der Waals surface area contributed by atoms with E-state index in [0.717, 1.165) is 6.07 Å². The van der Waals surface area contributed by atoms with Crippen molar-refractivity contribution in [2.75, 3.05) is 6.61 Å². The molecule has 1 N–H and O–H groups in total. The Morgan fingerprint density at radius 2 is 2.17 bits per heavy atom. The average molecular weight is 261 g/mol. The van der Waals surface area contributed by atoms with Crippen LogP contribution in [-0.4, -0.2) is 22.7 Å². The van der Waals surface area contributed by atoms with Crippen LogP contribution in [0.1, 0.15) is 22.5 Å². The molecule has 0 atom stereocenters. The molecule has 0 spiro atoms. The number of aromatic nitrogens is 1. The van der Waals surface area contributed by atoms with Crippen molar-refractivity contribution in [1.29, 1.82) is 0 Å². The summed E-state index contributed by atoms with van der Waals surface area (Å²) >= 11 is 0. The third-order valence-corrected chi connectivity index (χ3v) is 1.94. The molecule has 18 heavy (non-hydrogen) atoms. The standard InChI is InChI=1S/C11H10F3NO3/c1-2-3-6-18-9-7(10(16)17)4-5-8(15-9)11(12,13)14/h2,4-5H,1,3,6H2,(H,16,17). The molecule has 0 unspecified atom stereocenters. The number of hydrogen-bond acceptors (Lipinski definition) is 3. The van der Waals surface area contributed by atoms with Gasteiger partial charge in [-0.05, 0) is 18.6 Å². The Morgan fingerprint density at radius 1 is 1.50 bits per heavy atom. The van der Waals surface area contributed by atoms with Crippen molar-refractivity contribution in [2.24, 2.45) is 0 Å². The van der Waals surface area contributed by atoms with Gasteiger partial charge in [0.1, 0.15) is 11.3 Å². The highest BCUT2D eigenvalue weighted by atomic mass is 19.4. The van der Waals surface area contributed by atoms with Gasteiger partial charge in [-0.1, -0.05) is 6.08 Å². The van der Waals surface area contributed by atoms with Crippen molar-refractivity contribution >= 4 is 5.97 Å². The molecule has 4 nitrogen and oxygen atoms in total. The molecule has 7 heteroatoms. The van der Waals surface area contributed by atoms with E-state index in [2.05, 4.69) is 11.6 Å². The molecule has 0 aliphatic rings. The normalized spacial score (nSPS) is 11.1. The monoisotopic (exact) mass is 261 g/mol. The van der Waals surface area contributed by atoms with Crippen LogP contribution < -0.4 is 4.74 Å². The number of ether oxygens (including phenoxy) is 1. The van der Waals surface area contributed by atoms with E-state index in [1.54, 1.807) is 0 Å². The second-order valence-electron chi connectivity index (χ2n) is 3.28. The molecule has 0 aliphatic heterocycles. The number of carboxylic acid groups (broad SMARTS) is 1. The van der Waals surface area contributed by atoms with E-state index in [-0.39, 0.29) is 6.61 Å². The number of carboxylic acids is 1. The van der Waals surface area contributed by atoms with Gasteiger partial charge in [0.2, 0.25) is 5.88 Å². The molecule has 1 aromatic heterocycles. The summed E-state index contributed by atoms with van der Waals surface area (Å²) in [4.78, 5) is 14.0. The first-order valence-corrected chi connectivity index (χ1v) is 4.91. The number of rotatable bonds is 5. The van der Waals surface area contributed by atoms with Crippen LogP contribution in [0.2, 0.25) is 0 Å². The van der Waals surface area contributed by atoms with Crippen molar-refractivity contribution in [3.63, 3.8) is 0 Å². The zero-order valence-corrected chi connectivity index (χ0v) is 9.20. The number of nitrogens with zero attached hydrogens (tertiary/aromatic N) is 1. The zero-order chi connectivity index (χ0) is 13.8. The fraction of sp³-hybridized carbons (Fsp3) is 0.273. The smallest absolute Gasteiger partial charge is 0.433 e. The SMILES string of the molecule is C=CCCOc1nc(C(F)(F)F)ccc1C(=O)O. The first-order chi connectivity index (χ1) is 8.36. The van der Waals surface area contributed by atoms with Crippen LogP contribution in [0.25, 0.3) is 0 Å². The quantitative estimate of drug-likeness (QED) is 0.654. The number of hydrogen-bond donors (Lipinski definition) is 1. The minimum Gasteiger partial charge on any atom is -0.477 e. The molecule has 0 bridgehead atoms. The van der Waals surface area contributed by atoms with Gasteiger partial charge in [0, 0.05) is 0 Å². The largest absolute Gasteiger partial charge is 0.477 e. The highest BCUT2D eigenvalue weighted by molar-refractivity contribution is 5.90. The fourth-order valence-corrected chi connectivity index (χ4v) is 1.11. The summed E-state index contributed by atoms with van der Waals surface area (Å²) < 4.78 is 42.1. The van der Waals surface area contributed by atoms with E-state index in [4.69, 9.17) is 9.84 Å². The lowest BCUT2D eigenvalue weighted by Crippen LogP contribution is -2.12. The highest BCUT2D eigenvalue weighted by Gasteiger charge is 2.33. The van der Waals surface area contributed by atoms with Gasteiger partial charge in [-0.15, -0.1) is 6.58 Å². The summed E-state index contributed by atoms with van der Waals surface area (Å²) in [6.07, 6.45) is -2.78. The Labute approximate surface area is 101 Å². The number of alkyl halides is 3. The minimum atomic E-state index is -4.65. The number of carbonyl (C=O) groups is 1. The maximum atomic E-state index is 12.4. The summed E-state index contributed by atoms with van der Waals surface area (Å²) in [7, 11) is 0. The molecule has 98 valence electrons. The van der Waals surface area contributed by atoms with E-state index in [1.807, 2.05) is 0 Å². The lowest BCUT2D eigenvalue weighted by Gasteiger charge is -2.10. The molecule has 0 amide bonds. The topological polar surface area (TPSA) is 59.4 Å². The molecule has 0 aromatic carbocycles. The zero-order valence-electron chi connectivity index (χ0n) is 9.20. The Bertz CT molecular complexity index is 457. The van der Waals surface area contributed by atoms with Crippen molar-refractivity contribution in [1.82, 2.24) is 4.98 Å². The number of halogens is 3. The van der Waals surface area contributed by atoms with E-state index in [0.29, 0.717) is 12.5 Å². The van der Waals surface area contributed by atoms with Crippen LogP contribution in [0.3, 0.4) is 0 Å². The molecule has 0 saturated heterocycles. The van der Waals surface area contributed by atoms with Crippen LogP contribution in [-0.2, 0) is 6.18 Å². The highest BCUT2D eigenvalue weighted by Crippen LogP contribution is 2.30. The van der Waals surface area contributed by atoms with Crippen LogP contribution in [0.5, 0.6) is 5.88 Å². The van der Waals surface area contributed by atoms with Crippen LogP contribution in [0.4, 0.5) is 13.2 Å². The predicted octanol–water partition coefficient (Wildman–Crippen LogP) is 2.75. The van der Waals surface area contributed by atoms with Gasteiger partial charge in [-0.2, -0.15) is 13.2 Å². The van der Waals surface area contributed by atoms with Crippen LogP contribution in [0.15, 0.2) is 24.8 Å². The van der Waals surface area contributed by atoms with Crippen molar-refractivity contribution in [3.8, 4) is 5.88 Å². The fourth-order valence-electron chi connectivity index (χ4n) is 1.11. The van der Waals surface area contributed by atoms with Crippen LogP contribution >= 0.6 is 0 Å². The van der Waals surface area contributed by atoms with Gasteiger partial charge in [0.15, 0.2) is 0 Å². The number of pyridine rings is 1. The van der Waals surface area contributed by atoms with Gasteiger partial charge >= 0.3 is 12.1 Å². The van der Waals surface area contributed by atoms with Gasteiger partial charge in [0.25, 0.3) is 0 Å². The molecule has 1 aromatic rings. The van der Waals surface area contributed by atoms with Gasteiger partial charge < -0.3 is 9.84 Å². The Morgan fingerprint density at radius 3 is 2.67 bits per heavy atom. The molecule has 0 aliphatic carbocycles. The first kappa shape index (κ1) is 14.0. The Hall–Kier alpha value is -2.05. The maximum Gasteiger partial charge on any atom is 0.433 e. The van der Waals surface area contributed by atoms with Crippen molar-refractivity contribution in [2.45, 2.75) is 12.6 Å². The molecular formula is C11H10F3NO3. The van der Waals surface area contributed by atoms with Gasteiger partial charge in [-0.25, -0.2) is 9.78 Å². The third-order valence-electron chi connectivity index (χ3n) is 1.94. The summed E-state index contributed by atoms with van der Waals surface area (Å²) in [6.45, 7) is 3.42. The number of aromatic carboxylic acids is 1. The lowest BCUT2D eigenvalue weighted by atomic mass is 10.2. The predicted molar refractivity (Wildman–Crippen MR) is 56.5 cm³/mol. The lowest BCUT2D eigenvalue weighted by molar-refractivity contribution is -0.141. The van der Waals surface area contributed by atoms with Gasteiger partial charge in [0.05, 0.1) is 6.61 Å². The van der Waals surface area contributed by atoms with Crippen molar-refractivity contribution in [3.05, 3.63) is 36.0 Å². The van der Waals surface area contributed by atoms with E-state index in [1.165, 1.54) is 6.08 Å². The first-order valence-electron chi connectivity index (χ1n) is 4.91. The summed E-state index contributed by atoms with van der Waals surface area (Å²) in [5.74, 6) is -1.94. The second kappa shape index (κ2) is 5.52. The second-order valence-corrected chi connectivity index (χ2v) is 3.28. The summed E-state index contributed by atoms with van der Waals surface area (Å²) in [6, 6.07) is 1.42. The van der Waals surface area contributed by atoms with Crippen molar-refractivity contribution < 1.29 is 27.8 Å². The molecule has 1 rings (SSSR count). The molecule has 0 fully saturated rings. The minimum absolute atomic E-state index is 0.0120. The Kier molecular flexibility index (Phi) is 4.30. The maximum absolute atomic E-state index is 12.4. The molecular weight excluding hydrogens is 251 g/mol. The summed E-state index contributed by atoms with van der Waals surface area (Å²) in [5.41, 5.74) is -1.60. The molecule has 1 heterocycles. The average Bonchev–Trinajstić information content (AvgIpc) is 2.27. The van der Waals surface area contributed by atoms with Gasteiger partial charge in [-0.3, -0.25) is 0 Å². The van der Waals surface area contributed by atoms with E-state index < -0.39 is 29.3 Å². The van der Waals surface area contributed by atoms with Crippen LogP contribution in [0, 0.1) is 0 Å². The Balaban J connectivity index is 3.07.